The van der Waals surface area contributed by atoms with Crippen LogP contribution in [-0.4, -0.2) is 22.5 Å². The molecule has 1 heterocycles. The third-order valence-corrected chi connectivity index (χ3v) is 3.93. The number of benzene rings is 2. The van der Waals surface area contributed by atoms with E-state index in [1.807, 2.05) is 0 Å². The fourth-order valence-electron chi connectivity index (χ4n) is 1.94. The van der Waals surface area contributed by atoms with Crippen molar-refractivity contribution in [3.05, 3.63) is 69.8 Å². The first-order chi connectivity index (χ1) is 12.6. The monoisotopic (exact) mass is 388 g/mol. The number of carbonyl (C=O) groups excluding carboxylic acids is 2. The van der Waals surface area contributed by atoms with Crippen LogP contribution in [0.25, 0.3) is 0 Å². The smallest absolute Gasteiger partial charge is 0.326 e. The summed E-state index contributed by atoms with van der Waals surface area (Å²) in [5, 5.41) is -0.0181. The third kappa shape index (κ3) is 4.17. The topological polar surface area (TPSA) is 78.4 Å². The molecule has 0 saturated carbocycles. The van der Waals surface area contributed by atoms with Crippen LogP contribution in [0.4, 0.5) is 0 Å². The van der Waals surface area contributed by atoms with Crippen molar-refractivity contribution in [2.75, 3.05) is 0 Å². The summed E-state index contributed by atoms with van der Waals surface area (Å²) in [5.74, 6) is 0.828. The van der Waals surface area contributed by atoms with Gasteiger partial charge in [0.2, 0.25) is 5.88 Å². The van der Waals surface area contributed by atoms with Gasteiger partial charge in [0.25, 0.3) is 0 Å². The highest BCUT2D eigenvalue weighted by molar-refractivity contribution is 6.42. The van der Waals surface area contributed by atoms with Gasteiger partial charge in [-0.1, -0.05) is 23.2 Å². The highest BCUT2D eigenvalue weighted by Gasteiger charge is 2.15. The van der Waals surface area contributed by atoms with E-state index in [0.717, 1.165) is 12.6 Å². The molecule has 0 radical (unpaired) electrons. The van der Waals surface area contributed by atoms with Gasteiger partial charge in [0.1, 0.15) is 29.1 Å². The van der Waals surface area contributed by atoms with Crippen LogP contribution in [0.1, 0.15) is 20.7 Å². The lowest BCUT2D eigenvalue weighted by atomic mass is 10.2. The van der Waals surface area contributed by atoms with E-state index < -0.39 is 0 Å². The van der Waals surface area contributed by atoms with Crippen molar-refractivity contribution in [1.29, 1.82) is 0 Å². The van der Waals surface area contributed by atoms with Crippen molar-refractivity contribution in [3.8, 4) is 23.4 Å². The summed E-state index contributed by atoms with van der Waals surface area (Å²) in [7, 11) is 0. The van der Waals surface area contributed by atoms with E-state index in [2.05, 4.69) is 9.97 Å². The van der Waals surface area contributed by atoms with Gasteiger partial charge < -0.3 is 9.47 Å². The fraction of sp³-hybridized carbons (Fsp3) is 0. The second-order valence-electron chi connectivity index (χ2n) is 4.99. The summed E-state index contributed by atoms with van der Waals surface area (Å²) >= 11 is 12.1. The van der Waals surface area contributed by atoms with Crippen LogP contribution in [0.15, 0.2) is 48.5 Å². The Kier molecular flexibility index (Phi) is 5.46. The largest absolute Gasteiger partial charge is 0.437 e. The van der Waals surface area contributed by atoms with Gasteiger partial charge in [-0.3, -0.25) is 9.59 Å². The van der Waals surface area contributed by atoms with Crippen LogP contribution in [0, 0.1) is 0 Å². The number of nitrogens with zero attached hydrogens (tertiary/aromatic N) is 2. The maximum absolute atomic E-state index is 10.7. The Bertz CT molecular complexity index is 945. The quantitative estimate of drug-likeness (QED) is 0.437. The second kappa shape index (κ2) is 7.95. The molecule has 0 bridgehead atoms. The molecule has 6 nitrogen and oxygen atoms in total. The molecule has 0 unspecified atom stereocenters. The molecular formula is C18H10Cl2N2O4. The zero-order valence-electron chi connectivity index (χ0n) is 13.1. The molecule has 1 aromatic heterocycles. The Balaban J connectivity index is 1.85. The lowest BCUT2D eigenvalue weighted by Gasteiger charge is -2.10. The predicted molar refractivity (Wildman–Crippen MR) is 95.9 cm³/mol. The zero-order chi connectivity index (χ0) is 18.5. The minimum absolute atomic E-state index is 0.00466. The third-order valence-electron chi connectivity index (χ3n) is 3.22. The molecule has 0 amide bonds. The molecule has 0 aliphatic rings. The predicted octanol–water partition coefficient (Wildman–Crippen LogP) is 4.99. The average molecular weight is 389 g/mol. The molecule has 0 saturated heterocycles. The summed E-state index contributed by atoms with van der Waals surface area (Å²) in [6.07, 6.45) is 1.45. The van der Waals surface area contributed by atoms with Crippen molar-refractivity contribution in [2.24, 2.45) is 0 Å². The van der Waals surface area contributed by atoms with Crippen molar-refractivity contribution < 1.29 is 19.1 Å². The van der Waals surface area contributed by atoms with Gasteiger partial charge in [-0.25, -0.2) is 0 Å². The summed E-state index contributed by atoms with van der Waals surface area (Å²) in [6, 6.07) is 12.7. The highest BCUT2D eigenvalue weighted by Crippen LogP contribution is 2.34. The van der Waals surface area contributed by atoms with Gasteiger partial charge in [-0.15, -0.1) is 0 Å². The van der Waals surface area contributed by atoms with Crippen LogP contribution in [0.3, 0.4) is 0 Å². The minimum Gasteiger partial charge on any atom is -0.437 e. The van der Waals surface area contributed by atoms with Crippen molar-refractivity contribution in [1.82, 2.24) is 9.97 Å². The SMILES string of the molecule is O=Cc1ccc(Oc2nc(Cl)c(Cl)c(Oc3ccc(C=O)cc3)n2)cc1. The number of hydrogen-bond acceptors (Lipinski definition) is 6. The molecular weight excluding hydrogens is 379 g/mol. The molecule has 0 atom stereocenters. The van der Waals surface area contributed by atoms with Crippen molar-refractivity contribution in [2.45, 2.75) is 0 Å². The van der Waals surface area contributed by atoms with E-state index in [-0.39, 0.29) is 22.1 Å². The maximum Gasteiger partial charge on any atom is 0.326 e. The van der Waals surface area contributed by atoms with Crippen molar-refractivity contribution in [3.63, 3.8) is 0 Å². The Morgan fingerprint density at radius 2 is 1.23 bits per heavy atom. The van der Waals surface area contributed by atoms with Gasteiger partial charge >= 0.3 is 6.01 Å². The Labute approximate surface area is 158 Å². The molecule has 0 fully saturated rings. The Morgan fingerprint density at radius 1 is 0.731 bits per heavy atom. The van der Waals surface area contributed by atoms with E-state index in [4.69, 9.17) is 32.7 Å². The molecule has 26 heavy (non-hydrogen) atoms. The molecule has 0 spiro atoms. The number of aromatic nitrogens is 2. The Hall–Kier alpha value is -2.96. The van der Waals surface area contributed by atoms with Crippen LogP contribution < -0.4 is 9.47 Å². The molecule has 0 N–H and O–H groups in total. The number of aldehydes is 2. The maximum atomic E-state index is 10.7. The zero-order valence-corrected chi connectivity index (χ0v) is 14.6. The number of hydrogen-bond donors (Lipinski definition) is 0. The van der Waals surface area contributed by atoms with E-state index in [9.17, 15) is 9.59 Å². The van der Waals surface area contributed by atoms with Crippen LogP contribution >= 0.6 is 23.2 Å². The second-order valence-corrected chi connectivity index (χ2v) is 5.73. The van der Waals surface area contributed by atoms with Gasteiger partial charge in [0, 0.05) is 11.1 Å². The minimum atomic E-state index is -0.0715. The molecule has 8 heteroatoms. The summed E-state index contributed by atoms with van der Waals surface area (Å²) in [6.45, 7) is 0. The molecule has 0 aliphatic heterocycles. The van der Waals surface area contributed by atoms with E-state index in [1.165, 1.54) is 0 Å². The fourth-order valence-corrected chi connectivity index (χ4v) is 2.22. The van der Waals surface area contributed by atoms with Gasteiger partial charge in [0.05, 0.1) is 0 Å². The van der Waals surface area contributed by atoms with Crippen LogP contribution in [0.5, 0.6) is 23.4 Å². The molecule has 3 aromatic rings. The number of halogens is 2. The van der Waals surface area contributed by atoms with Gasteiger partial charge in [0.15, 0.2) is 5.15 Å². The summed E-state index contributed by atoms with van der Waals surface area (Å²) in [4.78, 5) is 29.4. The molecule has 130 valence electrons. The Morgan fingerprint density at radius 3 is 1.73 bits per heavy atom. The highest BCUT2D eigenvalue weighted by atomic mass is 35.5. The van der Waals surface area contributed by atoms with Gasteiger partial charge in [-0.05, 0) is 48.5 Å². The first kappa shape index (κ1) is 17.8. The summed E-state index contributed by atoms with van der Waals surface area (Å²) < 4.78 is 11.1. The van der Waals surface area contributed by atoms with Crippen molar-refractivity contribution >= 4 is 35.8 Å². The van der Waals surface area contributed by atoms with Crippen LogP contribution in [-0.2, 0) is 0 Å². The molecule has 2 aromatic carbocycles. The van der Waals surface area contributed by atoms with E-state index >= 15 is 0 Å². The number of rotatable bonds is 6. The van der Waals surface area contributed by atoms with Gasteiger partial charge in [-0.2, -0.15) is 9.97 Å². The lowest BCUT2D eigenvalue weighted by molar-refractivity contribution is 0.111. The first-order valence-electron chi connectivity index (χ1n) is 7.28. The number of ether oxygens (including phenoxy) is 2. The number of carbonyl (C=O) groups is 2. The lowest BCUT2D eigenvalue weighted by Crippen LogP contribution is -1.97. The molecule has 0 aliphatic carbocycles. The first-order valence-corrected chi connectivity index (χ1v) is 8.04. The van der Waals surface area contributed by atoms with E-state index in [0.29, 0.717) is 22.6 Å². The average Bonchev–Trinajstić information content (AvgIpc) is 2.67. The van der Waals surface area contributed by atoms with E-state index in [1.54, 1.807) is 48.5 Å². The van der Waals surface area contributed by atoms with Crippen LogP contribution in [0.2, 0.25) is 10.2 Å². The normalized spacial score (nSPS) is 10.2. The standard InChI is InChI=1S/C18H10Cl2N2O4/c19-15-16(20)21-18(26-14-7-3-12(10-24)4-8-14)22-17(15)25-13-5-1-11(9-23)2-6-13/h1-10H. The molecule has 3 rings (SSSR count). The summed E-state index contributed by atoms with van der Waals surface area (Å²) in [5.41, 5.74) is 1.02.